The van der Waals surface area contributed by atoms with Crippen molar-refractivity contribution in [1.29, 1.82) is 0 Å². The molecule has 1 rings (SSSR count). The number of hydrogen-bond donors (Lipinski definition) is 1. The molecule has 102 valence electrons. The van der Waals surface area contributed by atoms with Crippen molar-refractivity contribution in [2.45, 2.75) is 26.8 Å². The summed E-state index contributed by atoms with van der Waals surface area (Å²) in [5.41, 5.74) is 3.18. The Balaban J connectivity index is 3.04. The third-order valence-corrected chi connectivity index (χ3v) is 2.90. The standard InChI is InChI=1S/C16H21NO2/c1-5-10-17(12(2)3)15-8-6-14(11-13(15)4)7-9-16(18)19/h5-9,11-12H,1,10H2,2-4H3,(H,18,19)/b9-7+. The minimum Gasteiger partial charge on any atom is -0.478 e. The Morgan fingerprint density at radius 3 is 2.63 bits per heavy atom. The van der Waals surface area contributed by atoms with Gasteiger partial charge in [-0.2, -0.15) is 0 Å². The molecule has 0 fully saturated rings. The van der Waals surface area contributed by atoms with Crippen LogP contribution in [0.4, 0.5) is 5.69 Å². The average Bonchev–Trinajstić information content (AvgIpc) is 2.34. The van der Waals surface area contributed by atoms with Crippen LogP contribution in [0.1, 0.15) is 25.0 Å². The first-order valence-corrected chi connectivity index (χ1v) is 6.35. The largest absolute Gasteiger partial charge is 0.478 e. The molecule has 0 aromatic heterocycles. The Morgan fingerprint density at radius 2 is 2.16 bits per heavy atom. The van der Waals surface area contributed by atoms with Crippen molar-refractivity contribution in [2.24, 2.45) is 0 Å². The van der Waals surface area contributed by atoms with Crippen LogP contribution in [0.2, 0.25) is 0 Å². The zero-order valence-electron chi connectivity index (χ0n) is 11.8. The summed E-state index contributed by atoms with van der Waals surface area (Å²) in [6.07, 6.45) is 4.64. The normalized spacial score (nSPS) is 10.9. The van der Waals surface area contributed by atoms with Crippen molar-refractivity contribution in [3.63, 3.8) is 0 Å². The van der Waals surface area contributed by atoms with E-state index in [-0.39, 0.29) is 0 Å². The number of anilines is 1. The SMILES string of the molecule is C=CCN(c1ccc(/C=C/C(=O)O)cc1C)C(C)C. The number of rotatable bonds is 6. The molecule has 0 spiro atoms. The van der Waals surface area contributed by atoms with Gasteiger partial charge >= 0.3 is 5.97 Å². The molecule has 0 heterocycles. The first kappa shape index (κ1) is 15.0. The molecule has 3 heteroatoms. The van der Waals surface area contributed by atoms with Crippen molar-refractivity contribution in [3.8, 4) is 0 Å². The molecule has 0 saturated carbocycles. The van der Waals surface area contributed by atoms with Gasteiger partial charge in [-0.05, 0) is 50.1 Å². The predicted octanol–water partition coefficient (Wildman–Crippen LogP) is 3.49. The van der Waals surface area contributed by atoms with Gasteiger partial charge in [-0.3, -0.25) is 0 Å². The lowest BCUT2D eigenvalue weighted by Gasteiger charge is -2.29. The van der Waals surface area contributed by atoms with Crippen LogP contribution in [0.25, 0.3) is 6.08 Å². The van der Waals surface area contributed by atoms with E-state index in [1.54, 1.807) is 6.08 Å². The van der Waals surface area contributed by atoms with Crippen molar-refractivity contribution in [3.05, 3.63) is 48.1 Å². The molecule has 3 nitrogen and oxygen atoms in total. The van der Waals surface area contributed by atoms with Gasteiger partial charge in [0.25, 0.3) is 0 Å². The number of carboxylic acid groups (broad SMARTS) is 1. The van der Waals surface area contributed by atoms with E-state index in [2.05, 4.69) is 25.3 Å². The lowest BCUT2D eigenvalue weighted by Crippen LogP contribution is -2.31. The number of carboxylic acids is 1. The van der Waals surface area contributed by atoms with E-state index >= 15 is 0 Å². The summed E-state index contributed by atoms with van der Waals surface area (Å²) in [5.74, 6) is -0.933. The quantitative estimate of drug-likeness (QED) is 0.628. The second kappa shape index (κ2) is 6.78. The van der Waals surface area contributed by atoms with Gasteiger partial charge in [0.1, 0.15) is 0 Å². The summed E-state index contributed by atoms with van der Waals surface area (Å²) in [7, 11) is 0. The molecule has 0 amide bonds. The van der Waals surface area contributed by atoms with Crippen LogP contribution < -0.4 is 4.90 Å². The summed E-state index contributed by atoms with van der Waals surface area (Å²) in [4.78, 5) is 12.8. The molecule has 1 N–H and O–H groups in total. The van der Waals surface area contributed by atoms with E-state index < -0.39 is 5.97 Å². The summed E-state index contributed by atoms with van der Waals surface area (Å²) < 4.78 is 0. The minimum atomic E-state index is -0.933. The molecule has 1 aromatic carbocycles. The molecule has 0 radical (unpaired) electrons. The highest BCUT2D eigenvalue weighted by Gasteiger charge is 2.11. The molecule has 0 aliphatic rings. The topological polar surface area (TPSA) is 40.5 Å². The second-order valence-electron chi connectivity index (χ2n) is 4.75. The zero-order chi connectivity index (χ0) is 14.4. The second-order valence-corrected chi connectivity index (χ2v) is 4.75. The smallest absolute Gasteiger partial charge is 0.328 e. The van der Waals surface area contributed by atoms with Gasteiger partial charge in [0.05, 0.1) is 0 Å². The summed E-state index contributed by atoms with van der Waals surface area (Å²) in [6, 6.07) is 6.34. The number of nitrogens with zero attached hydrogens (tertiary/aromatic N) is 1. The maximum Gasteiger partial charge on any atom is 0.328 e. The Kier molecular flexibility index (Phi) is 5.37. The zero-order valence-corrected chi connectivity index (χ0v) is 11.8. The Bertz CT molecular complexity index is 490. The summed E-state index contributed by atoms with van der Waals surface area (Å²) >= 11 is 0. The maximum atomic E-state index is 10.5. The molecule has 0 aliphatic heterocycles. The van der Waals surface area contributed by atoms with Crippen molar-refractivity contribution in [2.75, 3.05) is 11.4 Å². The van der Waals surface area contributed by atoms with E-state index in [0.717, 1.165) is 29.4 Å². The summed E-state index contributed by atoms with van der Waals surface area (Å²) in [6.45, 7) is 10.9. The minimum absolute atomic E-state index is 0.386. The van der Waals surface area contributed by atoms with E-state index in [9.17, 15) is 4.79 Å². The van der Waals surface area contributed by atoms with Crippen LogP contribution in [0, 0.1) is 6.92 Å². The lowest BCUT2D eigenvalue weighted by atomic mass is 10.1. The first-order chi connectivity index (χ1) is 8.95. The van der Waals surface area contributed by atoms with Gasteiger partial charge < -0.3 is 10.0 Å². The maximum absolute atomic E-state index is 10.5. The van der Waals surface area contributed by atoms with Gasteiger partial charge in [0.15, 0.2) is 0 Å². The molecule has 0 saturated heterocycles. The van der Waals surface area contributed by atoms with Crippen molar-refractivity contribution >= 4 is 17.7 Å². The first-order valence-electron chi connectivity index (χ1n) is 6.35. The number of benzene rings is 1. The number of hydrogen-bond acceptors (Lipinski definition) is 2. The number of aliphatic carboxylic acids is 1. The van der Waals surface area contributed by atoms with Crippen molar-refractivity contribution < 1.29 is 9.90 Å². The molecule has 0 unspecified atom stereocenters. The molecule has 0 atom stereocenters. The fourth-order valence-electron chi connectivity index (χ4n) is 2.00. The predicted molar refractivity (Wildman–Crippen MR) is 80.5 cm³/mol. The number of carbonyl (C=O) groups is 1. The Labute approximate surface area is 114 Å². The van der Waals surface area contributed by atoms with Crippen LogP contribution in [0.15, 0.2) is 36.9 Å². The highest BCUT2D eigenvalue weighted by Crippen LogP contribution is 2.23. The molecule has 19 heavy (non-hydrogen) atoms. The van der Waals surface area contributed by atoms with Gasteiger partial charge in [0.2, 0.25) is 0 Å². The highest BCUT2D eigenvalue weighted by molar-refractivity contribution is 5.85. The number of aryl methyl sites for hydroxylation is 1. The third-order valence-electron chi connectivity index (χ3n) is 2.90. The average molecular weight is 259 g/mol. The van der Waals surface area contributed by atoms with Crippen LogP contribution in [-0.4, -0.2) is 23.7 Å². The highest BCUT2D eigenvalue weighted by atomic mass is 16.4. The molecule has 0 aliphatic carbocycles. The molecular formula is C16H21NO2. The molecule has 1 aromatic rings. The van der Waals surface area contributed by atoms with E-state index in [1.807, 2.05) is 31.2 Å². The van der Waals surface area contributed by atoms with Gasteiger partial charge in [0, 0.05) is 24.4 Å². The Morgan fingerprint density at radius 1 is 1.47 bits per heavy atom. The van der Waals surface area contributed by atoms with Gasteiger partial charge in [-0.15, -0.1) is 6.58 Å². The fourth-order valence-corrected chi connectivity index (χ4v) is 2.00. The van der Waals surface area contributed by atoms with Gasteiger partial charge in [-0.25, -0.2) is 4.79 Å². The summed E-state index contributed by atoms with van der Waals surface area (Å²) in [5, 5.41) is 8.62. The van der Waals surface area contributed by atoms with Gasteiger partial charge in [-0.1, -0.05) is 12.1 Å². The van der Waals surface area contributed by atoms with Crippen LogP contribution in [0.3, 0.4) is 0 Å². The molecular weight excluding hydrogens is 238 g/mol. The van der Waals surface area contributed by atoms with Crippen LogP contribution in [-0.2, 0) is 4.79 Å². The Hall–Kier alpha value is -2.03. The van der Waals surface area contributed by atoms with E-state index in [4.69, 9.17) is 5.11 Å². The van der Waals surface area contributed by atoms with Crippen molar-refractivity contribution in [1.82, 2.24) is 0 Å². The van der Waals surface area contributed by atoms with E-state index in [0.29, 0.717) is 6.04 Å². The monoisotopic (exact) mass is 259 g/mol. The van der Waals surface area contributed by atoms with Crippen LogP contribution >= 0.6 is 0 Å². The van der Waals surface area contributed by atoms with E-state index in [1.165, 1.54) is 0 Å². The molecule has 0 bridgehead atoms. The lowest BCUT2D eigenvalue weighted by molar-refractivity contribution is -0.131. The third kappa shape index (κ3) is 4.28. The van der Waals surface area contributed by atoms with Crippen LogP contribution in [0.5, 0.6) is 0 Å². The fraction of sp³-hybridized carbons (Fsp3) is 0.312.